The minimum Gasteiger partial charge on any atom is -0.497 e. The van der Waals surface area contributed by atoms with E-state index >= 15 is 0 Å². The Morgan fingerprint density at radius 2 is 1.92 bits per heavy atom. The van der Waals surface area contributed by atoms with Gasteiger partial charge >= 0.3 is 5.97 Å². The third-order valence-electron chi connectivity index (χ3n) is 3.70. The van der Waals surface area contributed by atoms with Crippen molar-refractivity contribution in [3.63, 3.8) is 0 Å². The minimum absolute atomic E-state index is 0.242. The van der Waals surface area contributed by atoms with Gasteiger partial charge in [-0.05, 0) is 37.3 Å². The smallest absolute Gasteiger partial charge is 0.349 e. The van der Waals surface area contributed by atoms with Gasteiger partial charge in [0.1, 0.15) is 16.4 Å². The molecule has 7 heteroatoms. The van der Waals surface area contributed by atoms with Crippen molar-refractivity contribution < 1.29 is 23.5 Å². The zero-order valence-corrected chi connectivity index (χ0v) is 14.9. The number of hydrogen-bond acceptors (Lipinski definition) is 5. The standard InChI is InChI=1S/C19H16FNO4S/c1-11(18(22)21-12-5-3-6-13(9-12)24-2)25-19(23)17-10-14-15(20)7-4-8-16(14)26-17/h3-11H,1-2H3,(H,21,22)/t11-/m1/s1. The molecule has 0 fully saturated rings. The maximum Gasteiger partial charge on any atom is 0.349 e. The highest BCUT2D eigenvalue weighted by molar-refractivity contribution is 7.20. The molecule has 1 heterocycles. The fourth-order valence-corrected chi connectivity index (χ4v) is 3.30. The van der Waals surface area contributed by atoms with Crippen LogP contribution < -0.4 is 10.1 Å². The van der Waals surface area contributed by atoms with Gasteiger partial charge in [0.25, 0.3) is 5.91 Å². The molecule has 5 nitrogen and oxygen atoms in total. The molecule has 1 N–H and O–H groups in total. The van der Waals surface area contributed by atoms with Crippen molar-refractivity contribution in [1.29, 1.82) is 0 Å². The highest BCUT2D eigenvalue weighted by Gasteiger charge is 2.21. The van der Waals surface area contributed by atoms with Crippen molar-refractivity contribution in [3.8, 4) is 5.75 Å². The van der Waals surface area contributed by atoms with Crippen molar-refractivity contribution in [2.75, 3.05) is 12.4 Å². The number of esters is 1. The molecule has 1 amide bonds. The van der Waals surface area contributed by atoms with Crippen LogP contribution in [-0.2, 0) is 9.53 Å². The molecule has 0 aliphatic carbocycles. The lowest BCUT2D eigenvalue weighted by atomic mass is 10.2. The van der Waals surface area contributed by atoms with E-state index in [2.05, 4.69) is 5.32 Å². The van der Waals surface area contributed by atoms with Gasteiger partial charge in [0.2, 0.25) is 0 Å². The van der Waals surface area contributed by atoms with Crippen LogP contribution in [0.2, 0.25) is 0 Å². The van der Waals surface area contributed by atoms with E-state index < -0.39 is 23.8 Å². The summed E-state index contributed by atoms with van der Waals surface area (Å²) < 4.78 is 24.7. The molecule has 134 valence electrons. The Morgan fingerprint density at radius 1 is 1.15 bits per heavy atom. The highest BCUT2D eigenvalue weighted by Crippen LogP contribution is 2.28. The van der Waals surface area contributed by atoms with E-state index in [0.29, 0.717) is 21.5 Å². The van der Waals surface area contributed by atoms with Crippen molar-refractivity contribution in [2.24, 2.45) is 0 Å². The SMILES string of the molecule is COc1cccc(NC(=O)[C@@H](C)OC(=O)c2cc3c(F)cccc3s2)c1. The maximum absolute atomic E-state index is 13.7. The van der Waals surface area contributed by atoms with Gasteiger partial charge in [-0.15, -0.1) is 11.3 Å². The van der Waals surface area contributed by atoms with Crippen molar-refractivity contribution in [3.05, 3.63) is 59.2 Å². The summed E-state index contributed by atoms with van der Waals surface area (Å²) in [6, 6.07) is 12.9. The topological polar surface area (TPSA) is 64.6 Å². The molecule has 0 saturated heterocycles. The molecular formula is C19H16FNO4S. The molecule has 3 rings (SSSR count). The van der Waals surface area contributed by atoms with Crippen LogP contribution in [0, 0.1) is 5.82 Å². The van der Waals surface area contributed by atoms with Gasteiger partial charge in [0.05, 0.1) is 7.11 Å². The number of ether oxygens (including phenoxy) is 2. The van der Waals surface area contributed by atoms with Gasteiger partial charge in [-0.1, -0.05) is 12.1 Å². The average molecular weight is 373 g/mol. The summed E-state index contributed by atoms with van der Waals surface area (Å²) >= 11 is 1.12. The zero-order chi connectivity index (χ0) is 18.7. The molecule has 26 heavy (non-hydrogen) atoms. The summed E-state index contributed by atoms with van der Waals surface area (Å²) in [6.45, 7) is 1.47. The van der Waals surface area contributed by atoms with Crippen LogP contribution in [0.5, 0.6) is 5.75 Å². The number of rotatable bonds is 5. The summed E-state index contributed by atoms with van der Waals surface area (Å²) in [6.07, 6.45) is -1.01. The molecule has 2 aromatic carbocycles. The van der Waals surface area contributed by atoms with E-state index in [9.17, 15) is 14.0 Å². The number of nitrogens with one attached hydrogen (secondary N) is 1. The van der Waals surface area contributed by atoms with Gasteiger partial charge in [-0.3, -0.25) is 4.79 Å². The number of thiophene rings is 1. The van der Waals surface area contributed by atoms with E-state index in [1.165, 1.54) is 26.2 Å². The number of anilines is 1. The van der Waals surface area contributed by atoms with E-state index in [0.717, 1.165) is 11.3 Å². The van der Waals surface area contributed by atoms with Crippen LogP contribution in [0.25, 0.3) is 10.1 Å². The summed E-state index contributed by atoms with van der Waals surface area (Å²) in [5.41, 5.74) is 0.529. The van der Waals surface area contributed by atoms with Crippen molar-refractivity contribution >= 4 is 39.0 Å². The molecular weight excluding hydrogens is 357 g/mol. The number of benzene rings is 2. The van der Waals surface area contributed by atoms with Gasteiger partial charge in [-0.2, -0.15) is 0 Å². The Bertz CT molecular complexity index is 969. The quantitative estimate of drug-likeness (QED) is 0.680. The minimum atomic E-state index is -1.01. The van der Waals surface area contributed by atoms with Crippen LogP contribution in [0.4, 0.5) is 10.1 Å². The third-order valence-corrected chi connectivity index (χ3v) is 4.78. The Hall–Kier alpha value is -2.93. The van der Waals surface area contributed by atoms with E-state index in [1.807, 2.05) is 0 Å². The van der Waals surface area contributed by atoms with Crippen LogP contribution in [0.15, 0.2) is 48.5 Å². The van der Waals surface area contributed by atoms with Crippen LogP contribution >= 0.6 is 11.3 Å². The van der Waals surface area contributed by atoms with Gasteiger partial charge in [0.15, 0.2) is 6.10 Å². The lowest BCUT2D eigenvalue weighted by molar-refractivity contribution is -0.123. The predicted octanol–water partition coefficient (Wildman–Crippen LogP) is 4.23. The number of fused-ring (bicyclic) bond motifs is 1. The first kappa shape index (κ1) is 17.9. The number of amides is 1. The van der Waals surface area contributed by atoms with Gasteiger partial charge in [0, 0.05) is 21.8 Å². The molecule has 0 spiro atoms. The van der Waals surface area contributed by atoms with Crippen LogP contribution in [-0.4, -0.2) is 25.1 Å². The number of carbonyl (C=O) groups is 2. The lowest BCUT2D eigenvalue weighted by Gasteiger charge is -2.13. The van der Waals surface area contributed by atoms with E-state index in [4.69, 9.17) is 9.47 Å². The summed E-state index contributed by atoms with van der Waals surface area (Å²) in [5, 5.41) is 3.02. The first-order valence-electron chi connectivity index (χ1n) is 7.82. The molecule has 0 aliphatic heterocycles. The molecule has 3 aromatic rings. The fraction of sp³-hybridized carbons (Fsp3) is 0.158. The fourth-order valence-electron chi connectivity index (χ4n) is 2.34. The zero-order valence-electron chi connectivity index (χ0n) is 14.1. The number of halogens is 1. The monoisotopic (exact) mass is 373 g/mol. The largest absolute Gasteiger partial charge is 0.497 e. The Balaban J connectivity index is 1.67. The number of hydrogen-bond donors (Lipinski definition) is 1. The highest BCUT2D eigenvalue weighted by atomic mass is 32.1. The molecule has 0 unspecified atom stereocenters. The van der Waals surface area contributed by atoms with Crippen molar-refractivity contribution in [1.82, 2.24) is 0 Å². The molecule has 0 radical (unpaired) electrons. The van der Waals surface area contributed by atoms with E-state index in [-0.39, 0.29) is 4.88 Å². The summed E-state index contributed by atoms with van der Waals surface area (Å²) in [5.74, 6) is -0.945. The molecule has 0 bridgehead atoms. The first-order valence-corrected chi connectivity index (χ1v) is 8.63. The predicted molar refractivity (Wildman–Crippen MR) is 98.3 cm³/mol. The van der Waals surface area contributed by atoms with Crippen LogP contribution in [0.3, 0.4) is 0 Å². The second-order valence-electron chi connectivity index (χ2n) is 5.53. The normalized spacial score (nSPS) is 11.8. The van der Waals surface area contributed by atoms with E-state index in [1.54, 1.807) is 36.4 Å². The number of carbonyl (C=O) groups excluding carboxylic acids is 2. The van der Waals surface area contributed by atoms with Crippen LogP contribution in [0.1, 0.15) is 16.6 Å². The summed E-state index contributed by atoms with van der Waals surface area (Å²) in [4.78, 5) is 24.7. The Morgan fingerprint density at radius 3 is 2.65 bits per heavy atom. The Labute approximate surface area is 153 Å². The Kier molecular flexibility index (Phi) is 5.18. The van der Waals surface area contributed by atoms with Gasteiger partial charge in [-0.25, -0.2) is 9.18 Å². The molecule has 1 atom stereocenters. The maximum atomic E-state index is 13.7. The van der Waals surface area contributed by atoms with Crippen molar-refractivity contribution in [2.45, 2.75) is 13.0 Å². The van der Waals surface area contributed by atoms with Gasteiger partial charge < -0.3 is 14.8 Å². The number of methoxy groups -OCH3 is 1. The summed E-state index contributed by atoms with van der Waals surface area (Å²) in [7, 11) is 1.53. The first-order chi connectivity index (χ1) is 12.5. The molecule has 0 saturated carbocycles. The third kappa shape index (κ3) is 3.83. The molecule has 0 aliphatic rings. The second kappa shape index (κ2) is 7.53. The second-order valence-corrected chi connectivity index (χ2v) is 6.61. The average Bonchev–Trinajstić information content (AvgIpc) is 3.07. The molecule has 1 aromatic heterocycles. The lowest BCUT2D eigenvalue weighted by Crippen LogP contribution is -2.29.